The molecule has 0 spiro atoms. The number of methoxy groups -OCH3 is 1. The second kappa shape index (κ2) is 14.1. The number of aromatic nitrogens is 4. The van der Waals surface area contributed by atoms with Crippen LogP contribution in [0.3, 0.4) is 0 Å². The van der Waals surface area contributed by atoms with Crippen molar-refractivity contribution in [2.45, 2.75) is 78.3 Å². The largest absolute Gasteiger partial charge is 0.494 e. The number of para-hydroxylation sites is 1. The number of benzene rings is 2. The first-order valence-corrected chi connectivity index (χ1v) is 17.1. The number of ether oxygens (including phenoxy) is 1. The SMILES string of the molecule is CCc1cccc(CC)c1NC(=O)c1nn(CC)c2c1CCCc1cnc(Nc3ccc(N4CCC(N(C)C)CC4)cc3OC)nc1-2. The summed E-state index contributed by atoms with van der Waals surface area (Å²) in [7, 11) is 6.02. The van der Waals surface area contributed by atoms with Crippen LogP contribution >= 0.6 is 0 Å². The van der Waals surface area contributed by atoms with Gasteiger partial charge in [-0.05, 0) is 94.8 Å². The summed E-state index contributed by atoms with van der Waals surface area (Å²) < 4.78 is 7.76. The molecule has 0 unspecified atom stereocenters. The maximum Gasteiger partial charge on any atom is 0.276 e. The van der Waals surface area contributed by atoms with E-state index >= 15 is 0 Å². The summed E-state index contributed by atoms with van der Waals surface area (Å²) >= 11 is 0. The molecule has 1 aliphatic carbocycles. The molecule has 1 aliphatic heterocycles. The second-order valence-corrected chi connectivity index (χ2v) is 12.7. The van der Waals surface area contributed by atoms with Crippen molar-refractivity contribution in [3.8, 4) is 17.1 Å². The van der Waals surface area contributed by atoms with Crippen LogP contribution in [0.25, 0.3) is 11.4 Å². The minimum Gasteiger partial charge on any atom is -0.494 e. The van der Waals surface area contributed by atoms with Gasteiger partial charge in [0.25, 0.3) is 5.91 Å². The first-order valence-electron chi connectivity index (χ1n) is 17.1. The molecule has 1 saturated heterocycles. The molecule has 4 aromatic rings. The number of hydrogen-bond acceptors (Lipinski definition) is 8. The lowest BCUT2D eigenvalue weighted by Crippen LogP contribution is -2.41. The van der Waals surface area contributed by atoms with Gasteiger partial charge in [-0.3, -0.25) is 9.48 Å². The highest BCUT2D eigenvalue weighted by atomic mass is 16.5. The molecule has 0 bridgehead atoms. The lowest BCUT2D eigenvalue weighted by Gasteiger charge is -2.36. The van der Waals surface area contributed by atoms with Gasteiger partial charge < -0.3 is 25.2 Å². The van der Waals surface area contributed by atoms with Gasteiger partial charge in [-0.2, -0.15) is 5.10 Å². The monoisotopic (exact) mass is 636 g/mol. The Hall–Kier alpha value is -4.44. The number of hydrogen-bond donors (Lipinski definition) is 2. The third-order valence-electron chi connectivity index (χ3n) is 9.76. The number of amides is 1. The van der Waals surface area contributed by atoms with E-state index in [1.54, 1.807) is 7.11 Å². The summed E-state index contributed by atoms with van der Waals surface area (Å²) in [5.41, 5.74) is 9.33. The Balaban J connectivity index is 1.29. The molecule has 10 nitrogen and oxygen atoms in total. The Bertz CT molecular complexity index is 1720. The number of anilines is 4. The average molecular weight is 637 g/mol. The fourth-order valence-electron chi connectivity index (χ4n) is 7.04. The Morgan fingerprint density at radius 1 is 1.04 bits per heavy atom. The zero-order valence-electron chi connectivity index (χ0n) is 28.7. The van der Waals surface area contributed by atoms with Crippen LogP contribution in [0.1, 0.15) is 72.8 Å². The van der Waals surface area contributed by atoms with Crippen molar-refractivity contribution >= 4 is 28.9 Å². The summed E-state index contributed by atoms with van der Waals surface area (Å²) in [6.45, 7) is 8.94. The predicted octanol–water partition coefficient (Wildman–Crippen LogP) is 6.51. The van der Waals surface area contributed by atoms with Crippen molar-refractivity contribution in [2.24, 2.45) is 0 Å². The topological polar surface area (TPSA) is 100 Å². The van der Waals surface area contributed by atoms with Crippen LogP contribution in [0.2, 0.25) is 0 Å². The lowest BCUT2D eigenvalue weighted by atomic mass is 10.0. The number of aryl methyl sites for hydroxylation is 4. The molecule has 2 aromatic heterocycles. The van der Waals surface area contributed by atoms with Crippen LogP contribution in [-0.2, 0) is 32.2 Å². The highest BCUT2D eigenvalue weighted by Gasteiger charge is 2.29. The van der Waals surface area contributed by atoms with Gasteiger partial charge >= 0.3 is 0 Å². The second-order valence-electron chi connectivity index (χ2n) is 12.7. The molecule has 2 N–H and O–H groups in total. The molecule has 10 heteroatoms. The molecular formula is C37H48N8O2. The molecule has 47 heavy (non-hydrogen) atoms. The minimum atomic E-state index is -0.171. The van der Waals surface area contributed by atoms with Crippen LogP contribution in [-0.4, -0.2) is 70.9 Å². The summed E-state index contributed by atoms with van der Waals surface area (Å²) in [6.07, 6.45) is 8.34. The molecule has 2 aromatic carbocycles. The number of rotatable bonds is 10. The number of nitrogens with one attached hydrogen (secondary N) is 2. The van der Waals surface area contributed by atoms with E-state index in [1.807, 2.05) is 16.9 Å². The quantitative estimate of drug-likeness (QED) is 0.203. The van der Waals surface area contributed by atoms with Crippen molar-refractivity contribution in [1.82, 2.24) is 24.6 Å². The summed E-state index contributed by atoms with van der Waals surface area (Å²) in [5.74, 6) is 1.05. The zero-order valence-corrected chi connectivity index (χ0v) is 28.7. The fraction of sp³-hybridized carbons (Fsp3) is 0.459. The number of carbonyl (C=O) groups excluding carboxylic acids is 1. The normalized spacial score (nSPS) is 14.8. The van der Waals surface area contributed by atoms with E-state index < -0.39 is 0 Å². The van der Waals surface area contributed by atoms with E-state index in [4.69, 9.17) is 19.8 Å². The van der Waals surface area contributed by atoms with Crippen LogP contribution in [0.5, 0.6) is 5.75 Å². The van der Waals surface area contributed by atoms with E-state index in [0.29, 0.717) is 24.2 Å². The van der Waals surface area contributed by atoms with E-state index in [-0.39, 0.29) is 5.91 Å². The van der Waals surface area contributed by atoms with Gasteiger partial charge in [0.15, 0.2) is 5.69 Å². The van der Waals surface area contributed by atoms with Gasteiger partial charge in [0, 0.05) is 54.9 Å². The Kier molecular flexibility index (Phi) is 9.77. The highest BCUT2D eigenvalue weighted by molar-refractivity contribution is 6.05. The average Bonchev–Trinajstić information content (AvgIpc) is 3.37. The van der Waals surface area contributed by atoms with Crippen molar-refractivity contribution in [3.63, 3.8) is 0 Å². The zero-order chi connectivity index (χ0) is 33.1. The van der Waals surface area contributed by atoms with Crippen LogP contribution in [0, 0.1) is 0 Å². The molecule has 0 radical (unpaired) electrons. The first-order chi connectivity index (χ1) is 22.8. The number of piperidine rings is 1. The highest BCUT2D eigenvalue weighted by Crippen LogP contribution is 2.37. The Labute approximate surface area is 278 Å². The molecule has 2 aliphatic rings. The summed E-state index contributed by atoms with van der Waals surface area (Å²) in [5, 5.41) is 11.5. The first kappa shape index (κ1) is 32.5. The fourth-order valence-corrected chi connectivity index (χ4v) is 7.04. The van der Waals surface area contributed by atoms with Gasteiger partial charge in [-0.25, -0.2) is 9.97 Å². The maximum atomic E-state index is 13.9. The summed E-state index contributed by atoms with van der Waals surface area (Å²) in [6, 6.07) is 13.1. The van der Waals surface area contributed by atoms with Gasteiger partial charge in [0.05, 0.1) is 24.2 Å². The minimum absolute atomic E-state index is 0.171. The number of fused-ring (bicyclic) bond motifs is 3. The molecule has 6 rings (SSSR count). The molecular weight excluding hydrogens is 588 g/mol. The smallest absolute Gasteiger partial charge is 0.276 e. The van der Waals surface area contributed by atoms with Crippen LogP contribution in [0.4, 0.5) is 23.0 Å². The summed E-state index contributed by atoms with van der Waals surface area (Å²) in [4.78, 5) is 28.4. The van der Waals surface area contributed by atoms with Crippen molar-refractivity contribution < 1.29 is 9.53 Å². The standard InChI is InChI=1S/C37H48N8O2/c1-7-24-12-10-13-25(8-2)32(24)40-36(46)34-29-15-11-14-26-23-38-37(41-33(26)35(29)45(9-3)42-34)39-30-17-16-28(22-31(30)47-6)44-20-18-27(19-21-44)43(4)5/h10,12-13,16-17,22-23,27H,7-9,11,14-15,18-21H2,1-6H3,(H,40,46)(H,38,39,41). The lowest BCUT2D eigenvalue weighted by molar-refractivity contribution is 0.102. The molecule has 248 valence electrons. The maximum absolute atomic E-state index is 13.9. The molecule has 3 heterocycles. The molecule has 1 amide bonds. The van der Waals surface area contributed by atoms with Crippen LogP contribution < -0.4 is 20.3 Å². The van der Waals surface area contributed by atoms with E-state index in [0.717, 1.165) is 114 Å². The predicted molar refractivity (Wildman–Crippen MR) is 189 cm³/mol. The van der Waals surface area contributed by atoms with E-state index in [1.165, 1.54) is 0 Å². The van der Waals surface area contributed by atoms with E-state index in [9.17, 15) is 4.79 Å². The number of nitrogens with zero attached hydrogens (tertiary/aromatic N) is 6. The van der Waals surface area contributed by atoms with Gasteiger partial charge in [-0.15, -0.1) is 0 Å². The Morgan fingerprint density at radius 3 is 2.45 bits per heavy atom. The van der Waals surface area contributed by atoms with Crippen LogP contribution in [0.15, 0.2) is 42.6 Å². The van der Waals surface area contributed by atoms with Gasteiger partial charge in [-0.1, -0.05) is 32.0 Å². The van der Waals surface area contributed by atoms with E-state index in [2.05, 4.69) is 85.6 Å². The van der Waals surface area contributed by atoms with Crippen molar-refractivity contribution in [1.29, 1.82) is 0 Å². The third kappa shape index (κ3) is 6.56. The van der Waals surface area contributed by atoms with Gasteiger partial charge in [0.1, 0.15) is 5.75 Å². The number of carbonyl (C=O) groups is 1. The third-order valence-corrected chi connectivity index (χ3v) is 9.76. The van der Waals surface area contributed by atoms with Gasteiger partial charge in [0.2, 0.25) is 5.95 Å². The molecule has 0 saturated carbocycles. The Morgan fingerprint density at radius 2 is 1.79 bits per heavy atom. The van der Waals surface area contributed by atoms with Crippen molar-refractivity contribution in [2.75, 3.05) is 49.8 Å². The van der Waals surface area contributed by atoms with Crippen molar-refractivity contribution in [3.05, 3.63) is 70.5 Å². The molecule has 1 fully saturated rings. The molecule has 0 atom stereocenters.